The molecule has 0 aromatic heterocycles. The lowest BCUT2D eigenvalue weighted by Gasteiger charge is -2.41. The van der Waals surface area contributed by atoms with Gasteiger partial charge in [0.05, 0.1) is 36.6 Å². The minimum atomic E-state index is -0.990. The summed E-state index contributed by atoms with van der Waals surface area (Å²) >= 11 is 0. The summed E-state index contributed by atoms with van der Waals surface area (Å²) in [6.45, 7) is 10.6. The molecule has 3 aliphatic carbocycles. The van der Waals surface area contributed by atoms with Gasteiger partial charge in [-0.25, -0.2) is 0 Å². The van der Waals surface area contributed by atoms with Gasteiger partial charge in [-0.2, -0.15) is 0 Å². The van der Waals surface area contributed by atoms with Gasteiger partial charge in [-0.3, -0.25) is 48.1 Å². The van der Waals surface area contributed by atoms with E-state index in [0.717, 1.165) is 43.2 Å². The van der Waals surface area contributed by atoms with Crippen molar-refractivity contribution in [1.29, 1.82) is 0 Å². The number of aliphatic hydroxyl groups is 1. The monoisotopic (exact) mass is 1160 g/mol. The lowest BCUT2D eigenvalue weighted by molar-refractivity contribution is -0.149. The summed E-state index contributed by atoms with van der Waals surface area (Å²) in [6.07, 6.45) is 10.9. The number of imide groups is 1. The topological polar surface area (TPSA) is 253 Å². The van der Waals surface area contributed by atoms with Crippen LogP contribution in [0.2, 0.25) is 0 Å². The number of carbonyl (C=O) groups is 9. The zero-order chi connectivity index (χ0) is 60.9. The maximum atomic E-state index is 14.8. The number of aliphatic hydroxyl groups excluding tert-OH is 1. The molecular formula is C64H92N8O12. The average molecular weight is 1170 g/mol. The van der Waals surface area contributed by atoms with Crippen LogP contribution in [0.5, 0.6) is 0 Å². The van der Waals surface area contributed by atoms with Gasteiger partial charge in [-0.05, 0) is 99.3 Å². The minimum absolute atomic E-state index is 0.0408. The normalized spacial score (nSPS) is 22.9. The first kappa shape index (κ1) is 65.0. The number of anilines is 1. The van der Waals surface area contributed by atoms with Gasteiger partial charge in [0.2, 0.25) is 41.4 Å². The molecule has 2 aromatic carbocycles. The van der Waals surface area contributed by atoms with Crippen LogP contribution in [-0.4, -0.2) is 167 Å². The number of nitrogens with one attached hydrogen (secondary N) is 4. The Morgan fingerprint density at radius 3 is 2.11 bits per heavy atom. The zero-order valence-electron chi connectivity index (χ0n) is 50.7. The number of carbonyl (C=O) groups excluding carboxylic acids is 9. The Kier molecular flexibility index (Phi) is 22.9. The highest BCUT2D eigenvalue weighted by Gasteiger charge is 2.77. The summed E-state index contributed by atoms with van der Waals surface area (Å²) in [5, 5.41) is 21.3. The number of methoxy groups -OCH3 is 2. The predicted octanol–water partition coefficient (Wildman–Crippen LogP) is 5.59. The van der Waals surface area contributed by atoms with Crippen molar-refractivity contribution in [2.45, 2.75) is 198 Å². The Hall–Kier alpha value is -6.51. The van der Waals surface area contributed by atoms with E-state index in [1.54, 1.807) is 48.0 Å². The molecule has 84 heavy (non-hydrogen) atoms. The van der Waals surface area contributed by atoms with E-state index >= 15 is 0 Å². The molecule has 3 saturated carbocycles. The van der Waals surface area contributed by atoms with Crippen LogP contribution < -0.4 is 21.3 Å². The molecule has 2 aromatic rings. The minimum Gasteiger partial charge on any atom is -0.396 e. The zero-order valence-corrected chi connectivity index (χ0v) is 50.7. The number of likely N-dealkylation sites (tertiary alicyclic amines) is 1. The van der Waals surface area contributed by atoms with Gasteiger partial charge < -0.3 is 50.5 Å². The Morgan fingerprint density at radius 2 is 1.46 bits per heavy atom. The maximum absolute atomic E-state index is 14.8. The van der Waals surface area contributed by atoms with E-state index in [4.69, 9.17) is 9.47 Å². The highest BCUT2D eigenvalue weighted by Crippen LogP contribution is 2.73. The lowest BCUT2D eigenvalue weighted by atomic mass is 9.67. The van der Waals surface area contributed by atoms with E-state index in [1.165, 1.54) is 31.3 Å². The fourth-order valence-corrected chi connectivity index (χ4v) is 14.0. The number of nitrogens with zero attached hydrogens (tertiary/aromatic N) is 4. The average Bonchev–Trinajstić information content (AvgIpc) is 1.50. The van der Waals surface area contributed by atoms with Crippen molar-refractivity contribution in [1.82, 2.24) is 35.6 Å². The third-order valence-corrected chi connectivity index (χ3v) is 18.7. The number of hydrogen-bond acceptors (Lipinski definition) is 12. The molecule has 9 rings (SSSR count). The van der Waals surface area contributed by atoms with Gasteiger partial charge in [0, 0.05) is 95.6 Å². The summed E-state index contributed by atoms with van der Waals surface area (Å²) in [5.41, 5.74) is 1.55. The summed E-state index contributed by atoms with van der Waals surface area (Å²) in [5.74, 6) is -3.73. The second-order valence-corrected chi connectivity index (χ2v) is 24.6. The van der Waals surface area contributed by atoms with E-state index in [9.17, 15) is 48.3 Å². The predicted molar refractivity (Wildman–Crippen MR) is 316 cm³/mol. The van der Waals surface area contributed by atoms with E-state index in [0.29, 0.717) is 83.0 Å². The summed E-state index contributed by atoms with van der Waals surface area (Å²) in [4.78, 5) is 129. The van der Waals surface area contributed by atoms with Crippen molar-refractivity contribution in [3.8, 4) is 0 Å². The van der Waals surface area contributed by atoms with Crippen molar-refractivity contribution >= 4 is 58.9 Å². The molecule has 20 nitrogen and oxygen atoms in total. The summed E-state index contributed by atoms with van der Waals surface area (Å²) in [6, 6.07) is 12.8. The fraction of sp³-hybridized carbons (Fsp3) is 0.641. The van der Waals surface area contributed by atoms with E-state index in [1.807, 2.05) is 62.9 Å². The van der Waals surface area contributed by atoms with Crippen molar-refractivity contribution < 1.29 is 57.7 Å². The molecule has 4 aliphatic heterocycles. The molecule has 2 bridgehead atoms. The molecule has 7 aliphatic rings. The Labute approximate surface area is 495 Å². The number of benzene rings is 2. The van der Waals surface area contributed by atoms with Crippen molar-refractivity contribution in [2.75, 3.05) is 46.3 Å². The van der Waals surface area contributed by atoms with Crippen molar-refractivity contribution in [2.24, 2.45) is 23.2 Å². The number of unbranched alkanes of at least 4 members (excludes halogenated alkanes) is 4. The molecule has 460 valence electrons. The van der Waals surface area contributed by atoms with Crippen LogP contribution in [0.4, 0.5) is 5.69 Å². The van der Waals surface area contributed by atoms with Gasteiger partial charge in [0.25, 0.3) is 11.8 Å². The molecule has 0 spiro atoms. The summed E-state index contributed by atoms with van der Waals surface area (Å²) in [7, 11) is 4.76. The third kappa shape index (κ3) is 15.1. The third-order valence-electron chi connectivity index (χ3n) is 18.7. The number of hydrogen-bond donors (Lipinski definition) is 5. The first-order chi connectivity index (χ1) is 40.2. The molecule has 4 heterocycles. The number of piperidine rings is 1. The standard InChI is InChI=1S/C64H92N8O12/c1-9-42(4)56(69(6)62(82)55(41(2)3)68-61(81)58-63-31-32-64(39-63,40-63)72(58)53(77)24-16-12-18-35-73)49(83-7)37-54(78)70-34-19-22-48(70)57(84-8)43(5)59(79)67-47(36-44-20-13-10-14-21-44)60(80)66-46-27-25-45(26-28-46)38-65-50(74)23-15-11-17-33-71-51(75)29-30-52(71)76/h10,13-14,20-21,25-30,41-43,47-49,55-58,73H,9,11-12,15-19,22-24,31-40H2,1-8H3,(H,65,74)(H,66,80)(H,67,79)(H,68,81)/t42-,43+,47-,48-,49+,55-,56-,57+,58+,63?,64?/m0/s1. The van der Waals surface area contributed by atoms with Crippen molar-refractivity contribution in [3.05, 3.63) is 77.9 Å². The molecule has 3 saturated heterocycles. The van der Waals surface area contributed by atoms with Crippen LogP contribution in [0, 0.1) is 23.2 Å². The van der Waals surface area contributed by atoms with Crippen LogP contribution in [0.25, 0.3) is 0 Å². The van der Waals surface area contributed by atoms with Crippen LogP contribution in [0.1, 0.15) is 148 Å². The van der Waals surface area contributed by atoms with Crippen LogP contribution in [-0.2, 0) is 65.6 Å². The maximum Gasteiger partial charge on any atom is 0.253 e. The molecular weight excluding hydrogens is 1070 g/mol. The molecule has 0 radical (unpaired) electrons. The van der Waals surface area contributed by atoms with Crippen molar-refractivity contribution in [3.63, 3.8) is 0 Å². The Morgan fingerprint density at radius 1 is 0.786 bits per heavy atom. The highest BCUT2D eigenvalue weighted by atomic mass is 16.5. The van der Waals surface area contributed by atoms with Crippen LogP contribution in [0.3, 0.4) is 0 Å². The largest absolute Gasteiger partial charge is 0.396 e. The smallest absolute Gasteiger partial charge is 0.253 e. The van der Waals surface area contributed by atoms with Gasteiger partial charge in [0.1, 0.15) is 18.1 Å². The van der Waals surface area contributed by atoms with Gasteiger partial charge in [0.15, 0.2) is 0 Å². The Bertz CT molecular complexity index is 2660. The number of rotatable bonds is 33. The van der Waals surface area contributed by atoms with Gasteiger partial charge in [-0.15, -0.1) is 0 Å². The fourth-order valence-electron chi connectivity index (χ4n) is 14.0. The van der Waals surface area contributed by atoms with E-state index < -0.39 is 60.1 Å². The molecule has 9 atom stereocenters. The van der Waals surface area contributed by atoms with Crippen LogP contribution >= 0.6 is 0 Å². The second kappa shape index (κ2) is 29.5. The van der Waals surface area contributed by atoms with Gasteiger partial charge in [-0.1, -0.05) is 96.3 Å². The Balaban J connectivity index is 0.950. The first-order valence-corrected chi connectivity index (χ1v) is 30.6. The molecule has 9 amide bonds. The second-order valence-electron chi connectivity index (χ2n) is 24.6. The highest BCUT2D eigenvalue weighted by molar-refractivity contribution is 6.12. The van der Waals surface area contributed by atoms with E-state index in [-0.39, 0.29) is 90.1 Å². The van der Waals surface area contributed by atoms with Gasteiger partial charge >= 0.3 is 0 Å². The number of ether oxygens (including phenoxy) is 2. The van der Waals surface area contributed by atoms with Crippen LogP contribution in [0.15, 0.2) is 66.7 Å². The molecule has 0 unspecified atom stereocenters. The lowest BCUT2D eigenvalue weighted by Crippen LogP contribution is -2.60. The molecule has 20 heteroatoms. The summed E-state index contributed by atoms with van der Waals surface area (Å²) < 4.78 is 12.2. The quantitative estimate of drug-likeness (QED) is 0.0433. The SMILES string of the molecule is CC[C@H](C)[C@@H]([C@@H](CC(=O)N1CCC[C@H]1[C@H](OC)[C@@H](C)C(=O)N[C@@H](Cc1ccccc1)C(=O)Nc1ccc(CNC(=O)CCCCCN2C(=O)C=CC2=O)cc1)OC)N(C)C(=O)[C@@H](NC(=O)[C@H]1N(C(=O)CCCCCO)C23CCC1(C2)C3)C(C)C. The molecule has 5 N–H and O–H groups in total. The number of amides is 9. The van der Waals surface area contributed by atoms with E-state index in [2.05, 4.69) is 21.3 Å². The number of likely N-dealkylation sites (N-methyl/N-ethyl adjacent to an activating group) is 1. The number of fused-ring (bicyclic) bond motifs is 2. The molecule has 6 fully saturated rings. The first-order valence-electron chi connectivity index (χ1n) is 30.6.